The number of hydrogen-bond donors (Lipinski definition) is 2. The maximum Gasteiger partial charge on any atom is 0.407 e. The van der Waals surface area contributed by atoms with E-state index in [-0.39, 0.29) is 17.9 Å². The number of carbonyl (C=O) groups is 2. The summed E-state index contributed by atoms with van der Waals surface area (Å²) < 4.78 is 5.44. The second-order valence-electron chi connectivity index (χ2n) is 8.89. The first-order valence-electron chi connectivity index (χ1n) is 10.7. The van der Waals surface area contributed by atoms with E-state index in [9.17, 15) is 14.4 Å². The molecule has 4 heterocycles. The predicted octanol–water partition coefficient (Wildman–Crippen LogP) is 2.14. The fraction of sp³-hybridized carbons (Fsp3) is 0.619. The third kappa shape index (κ3) is 3.49. The van der Waals surface area contributed by atoms with Crippen molar-refractivity contribution in [2.24, 2.45) is 5.92 Å². The molecule has 30 heavy (non-hydrogen) atoms. The van der Waals surface area contributed by atoms with Gasteiger partial charge in [-0.2, -0.15) is 0 Å². The van der Waals surface area contributed by atoms with Gasteiger partial charge in [0.2, 0.25) is 5.91 Å². The van der Waals surface area contributed by atoms with Crippen molar-refractivity contribution in [1.29, 1.82) is 0 Å². The molecule has 160 valence electrons. The van der Waals surface area contributed by atoms with Gasteiger partial charge in [-0.15, -0.1) is 11.3 Å². The SMILES string of the molecule is CC1CCc2c(sc3nc(CCC(=O)N4CCCC5(CNC(=O)O5)C4)[nH]c(=O)c23)C1. The predicted molar refractivity (Wildman–Crippen MR) is 113 cm³/mol. The van der Waals surface area contributed by atoms with Crippen LogP contribution < -0.4 is 10.9 Å². The average Bonchev–Trinajstić information content (AvgIpc) is 3.25. The van der Waals surface area contributed by atoms with Crippen molar-refractivity contribution in [2.45, 2.75) is 57.5 Å². The summed E-state index contributed by atoms with van der Waals surface area (Å²) in [7, 11) is 0. The summed E-state index contributed by atoms with van der Waals surface area (Å²) in [4.78, 5) is 48.4. The van der Waals surface area contributed by atoms with Gasteiger partial charge < -0.3 is 19.9 Å². The topological polar surface area (TPSA) is 104 Å². The highest BCUT2D eigenvalue weighted by molar-refractivity contribution is 7.18. The van der Waals surface area contributed by atoms with Crippen LogP contribution in [0.5, 0.6) is 0 Å². The smallest absolute Gasteiger partial charge is 0.407 e. The quantitative estimate of drug-likeness (QED) is 0.776. The Morgan fingerprint density at radius 2 is 2.27 bits per heavy atom. The maximum absolute atomic E-state index is 12.8. The van der Waals surface area contributed by atoms with Gasteiger partial charge in [-0.1, -0.05) is 6.92 Å². The van der Waals surface area contributed by atoms with Gasteiger partial charge in [0, 0.05) is 24.3 Å². The molecule has 1 spiro atoms. The molecule has 0 radical (unpaired) electrons. The Morgan fingerprint density at radius 1 is 1.40 bits per heavy atom. The number of amides is 2. The van der Waals surface area contributed by atoms with E-state index >= 15 is 0 Å². The second-order valence-corrected chi connectivity index (χ2v) is 9.97. The molecule has 5 rings (SSSR count). The first-order chi connectivity index (χ1) is 14.4. The zero-order chi connectivity index (χ0) is 20.9. The molecule has 2 amide bonds. The third-order valence-electron chi connectivity index (χ3n) is 6.55. The minimum atomic E-state index is -0.594. The Kier molecular flexibility index (Phi) is 4.80. The molecular formula is C21H26N4O4S. The monoisotopic (exact) mass is 430 g/mol. The van der Waals surface area contributed by atoms with E-state index in [0.29, 0.717) is 37.8 Å². The lowest BCUT2D eigenvalue weighted by Gasteiger charge is -2.38. The molecule has 2 fully saturated rings. The summed E-state index contributed by atoms with van der Waals surface area (Å²) >= 11 is 1.63. The Morgan fingerprint density at radius 3 is 3.07 bits per heavy atom. The maximum atomic E-state index is 12.8. The van der Waals surface area contributed by atoms with Crippen LogP contribution in [0.2, 0.25) is 0 Å². The zero-order valence-corrected chi connectivity index (χ0v) is 17.9. The molecule has 0 saturated carbocycles. The van der Waals surface area contributed by atoms with Crippen molar-refractivity contribution >= 4 is 33.6 Å². The van der Waals surface area contributed by atoms with Crippen molar-refractivity contribution in [3.05, 3.63) is 26.6 Å². The summed E-state index contributed by atoms with van der Waals surface area (Å²) in [5.41, 5.74) is 0.488. The largest absolute Gasteiger partial charge is 0.439 e. The number of likely N-dealkylation sites (tertiary alicyclic amines) is 1. The van der Waals surface area contributed by atoms with Gasteiger partial charge in [-0.3, -0.25) is 9.59 Å². The molecule has 2 unspecified atom stereocenters. The van der Waals surface area contributed by atoms with Crippen LogP contribution in [0.15, 0.2) is 4.79 Å². The zero-order valence-electron chi connectivity index (χ0n) is 17.1. The molecule has 0 aromatic carbocycles. The van der Waals surface area contributed by atoms with Gasteiger partial charge in [0.05, 0.1) is 18.5 Å². The standard InChI is InChI=1S/C21H26N4O4S/c1-12-3-4-13-14(9-12)30-19-17(13)18(27)23-15(24-19)5-6-16(26)25-8-2-7-21(11-25)10-22-20(28)29-21/h12H,2-11H2,1H3,(H,22,28)(H,23,24,27). The van der Waals surface area contributed by atoms with Crippen LogP contribution in [0.25, 0.3) is 10.2 Å². The van der Waals surface area contributed by atoms with Crippen LogP contribution in [0.3, 0.4) is 0 Å². The normalized spacial score (nSPS) is 26.0. The summed E-state index contributed by atoms with van der Waals surface area (Å²) in [6.45, 7) is 3.78. The van der Waals surface area contributed by atoms with E-state index in [1.807, 2.05) is 0 Å². The number of thiophene rings is 1. The highest BCUT2D eigenvalue weighted by Gasteiger charge is 2.44. The van der Waals surface area contributed by atoms with Crippen molar-refractivity contribution in [3.8, 4) is 0 Å². The molecule has 2 saturated heterocycles. The number of rotatable bonds is 3. The number of hydrogen-bond acceptors (Lipinski definition) is 6. The van der Waals surface area contributed by atoms with Crippen LogP contribution >= 0.6 is 11.3 Å². The van der Waals surface area contributed by atoms with Crippen LogP contribution in [0.1, 0.15) is 48.9 Å². The van der Waals surface area contributed by atoms with Gasteiger partial charge in [-0.25, -0.2) is 9.78 Å². The molecule has 2 N–H and O–H groups in total. The van der Waals surface area contributed by atoms with Crippen LogP contribution in [0, 0.1) is 5.92 Å². The minimum absolute atomic E-state index is 0.000862. The van der Waals surface area contributed by atoms with Crippen molar-refractivity contribution in [2.75, 3.05) is 19.6 Å². The van der Waals surface area contributed by atoms with E-state index in [0.717, 1.165) is 42.3 Å². The number of aromatic nitrogens is 2. The number of ether oxygens (including phenoxy) is 1. The number of aryl methyl sites for hydroxylation is 2. The Bertz CT molecular complexity index is 1080. The lowest BCUT2D eigenvalue weighted by Crippen LogP contribution is -2.52. The first kappa shape index (κ1) is 19.5. The van der Waals surface area contributed by atoms with Gasteiger partial charge >= 0.3 is 6.09 Å². The molecule has 8 nitrogen and oxygen atoms in total. The lowest BCUT2D eigenvalue weighted by atomic mass is 9.89. The molecule has 2 aromatic heterocycles. The third-order valence-corrected chi connectivity index (χ3v) is 7.69. The van der Waals surface area contributed by atoms with E-state index < -0.39 is 11.7 Å². The van der Waals surface area contributed by atoms with Crippen LogP contribution in [0.4, 0.5) is 4.79 Å². The van der Waals surface area contributed by atoms with E-state index in [2.05, 4.69) is 22.2 Å². The molecule has 2 atom stereocenters. The van der Waals surface area contributed by atoms with Crippen molar-refractivity contribution in [1.82, 2.24) is 20.2 Å². The molecule has 2 aliphatic heterocycles. The summed E-state index contributed by atoms with van der Waals surface area (Å²) in [5, 5.41) is 3.44. The van der Waals surface area contributed by atoms with Gasteiger partial charge in [0.25, 0.3) is 5.56 Å². The number of nitrogens with zero attached hydrogens (tertiary/aromatic N) is 2. The van der Waals surface area contributed by atoms with E-state index in [4.69, 9.17) is 4.74 Å². The summed E-state index contributed by atoms with van der Waals surface area (Å²) in [6.07, 6.45) is 4.89. The van der Waals surface area contributed by atoms with Crippen molar-refractivity contribution in [3.63, 3.8) is 0 Å². The number of alkyl carbamates (subject to hydrolysis) is 1. The fourth-order valence-electron chi connectivity index (χ4n) is 4.94. The number of nitrogens with one attached hydrogen (secondary N) is 2. The Hall–Kier alpha value is -2.42. The van der Waals surface area contributed by atoms with Gasteiger partial charge in [0.1, 0.15) is 16.3 Å². The number of piperidine rings is 1. The molecular weight excluding hydrogens is 404 g/mol. The molecule has 3 aliphatic rings. The number of carbonyl (C=O) groups excluding carboxylic acids is 2. The second kappa shape index (κ2) is 7.37. The fourth-order valence-corrected chi connectivity index (χ4v) is 6.34. The average molecular weight is 431 g/mol. The Labute approximate surface area is 178 Å². The van der Waals surface area contributed by atoms with E-state index in [1.54, 1.807) is 16.2 Å². The molecule has 2 aromatic rings. The number of aromatic amines is 1. The Balaban J connectivity index is 1.29. The molecule has 9 heteroatoms. The summed E-state index contributed by atoms with van der Waals surface area (Å²) in [5.74, 6) is 1.20. The lowest BCUT2D eigenvalue weighted by molar-refractivity contribution is -0.136. The number of fused-ring (bicyclic) bond motifs is 3. The highest BCUT2D eigenvalue weighted by atomic mass is 32.1. The highest BCUT2D eigenvalue weighted by Crippen LogP contribution is 2.35. The van der Waals surface area contributed by atoms with Crippen LogP contribution in [-0.2, 0) is 28.8 Å². The van der Waals surface area contributed by atoms with Gasteiger partial charge in [0.15, 0.2) is 0 Å². The minimum Gasteiger partial charge on any atom is -0.439 e. The first-order valence-corrected chi connectivity index (χ1v) is 11.5. The van der Waals surface area contributed by atoms with Crippen LogP contribution in [-0.4, -0.2) is 52.1 Å². The summed E-state index contributed by atoms with van der Waals surface area (Å²) in [6, 6.07) is 0. The van der Waals surface area contributed by atoms with E-state index in [1.165, 1.54) is 10.4 Å². The van der Waals surface area contributed by atoms with Gasteiger partial charge in [-0.05, 0) is 43.6 Å². The molecule has 1 aliphatic carbocycles. The molecule has 0 bridgehead atoms. The number of H-pyrrole nitrogens is 1. The van der Waals surface area contributed by atoms with Crippen molar-refractivity contribution < 1.29 is 14.3 Å².